The fourth-order valence-electron chi connectivity index (χ4n) is 2.17. The topological polar surface area (TPSA) is 78.5 Å². The van der Waals surface area contributed by atoms with Crippen molar-refractivity contribution in [2.45, 2.75) is 38.4 Å². The third kappa shape index (κ3) is 3.20. The van der Waals surface area contributed by atoms with Gasteiger partial charge in [-0.2, -0.15) is 17.4 Å². The Morgan fingerprint density at radius 1 is 1.55 bits per heavy atom. The first-order valence-corrected chi connectivity index (χ1v) is 8.72. The third-order valence-corrected chi connectivity index (χ3v) is 5.77. The molecule has 1 saturated heterocycles. The first-order chi connectivity index (χ1) is 9.31. The Labute approximate surface area is 123 Å². The molecule has 0 aliphatic carbocycles. The highest BCUT2D eigenvalue weighted by Crippen LogP contribution is 2.30. The van der Waals surface area contributed by atoms with E-state index >= 15 is 0 Å². The van der Waals surface area contributed by atoms with Crippen LogP contribution in [0.3, 0.4) is 0 Å². The van der Waals surface area contributed by atoms with Gasteiger partial charge in [0, 0.05) is 18.0 Å². The second-order valence-electron chi connectivity index (χ2n) is 5.12. The van der Waals surface area contributed by atoms with E-state index in [9.17, 15) is 13.2 Å². The Morgan fingerprint density at radius 2 is 2.25 bits per heavy atom. The smallest absolute Gasteiger partial charge is 0.280 e. The van der Waals surface area contributed by atoms with E-state index in [-0.39, 0.29) is 18.0 Å². The zero-order valence-corrected chi connectivity index (χ0v) is 13.3. The van der Waals surface area contributed by atoms with Gasteiger partial charge in [-0.15, -0.1) is 11.3 Å². The van der Waals surface area contributed by atoms with Crippen LogP contribution in [0.25, 0.3) is 0 Å². The predicted molar refractivity (Wildman–Crippen MR) is 78.6 cm³/mol. The van der Waals surface area contributed by atoms with E-state index in [2.05, 4.69) is 10.0 Å². The lowest BCUT2D eigenvalue weighted by molar-refractivity contribution is -0.125. The van der Waals surface area contributed by atoms with Crippen molar-refractivity contribution in [1.82, 2.24) is 14.3 Å². The van der Waals surface area contributed by atoms with Crippen molar-refractivity contribution in [3.05, 3.63) is 22.4 Å². The monoisotopic (exact) mass is 317 g/mol. The number of hydrogen-bond acceptors (Lipinski definition) is 4. The minimum absolute atomic E-state index is 0.0197. The van der Waals surface area contributed by atoms with E-state index in [1.165, 1.54) is 18.4 Å². The van der Waals surface area contributed by atoms with Gasteiger partial charge in [0.25, 0.3) is 10.2 Å². The first kappa shape index (κ1) is 15.4. The molecular weight excluding hydrogens is 298 g/mol. The third-order valence-electron chi connectivity index (χ3n) is 3.19. The molecule has 2 N–H and O–H groups in total. The molecule has 0 saturated carbocycles. The second-order valence-corrected chi connectivity index (χ2v) is 7.86. The Balaban J connectivity index is 2.24. The van der Waals surface area contributed by atoms with Gasteiger partial charge in [0.1, 0.15) is 6.04 Å². The van der Waals surface area contributed by atoms with Gasteiger partial charge in [-0.25, -0.2) is 0 Å². The van der Waals surface area contributed by atoms with E-state index < -0.39 is 16.3 Å². The molecule has 0 unspecified atom stereocenters. The van der Waals surface area contributed by atoms with Crippen molar-refractivity contribution >= 4 is 27.5 Å². The Kier molecular flexibility index (Phi) is 4.48. The van der Waals surface area contributed by atoms with Crippen molar-refractivity contribution in [2.75, 3.05) is 7.05 Å². The van der Waals surface area contributed by atoms with Crippen molar-refractivity contribution in [1.29, 1.82) is 0 Å². The van der Waals surface area contributed by atoms with Crippen molar-refractivity contribution in [3.8, 4) is 0 Å². The zero-order chi connectivity index (χ0) is 14.9. The Bertz CT molecular complexity index is 569. The standard InChI is InChI=1S/C12H19N3O3S2/c1-8(2)13-12(16)10-7-9(11-5-4-6-19-11)14-20(17,18)15(10)3/h4-6,8-10,14H,7H2,1-3H3,(H,13,16)/t9-,10+/m0/s1. The molecule has 2 rings (SSSR count). The van der Waals surface area contributed by atoms with Crippen molar-refractivity contribution in [2.24, 2.45) is 0 Å². The molecule has 0 aromatic carbocycles. The van der Waals surface area contributed by atoms with Crippen LogP contribution in [0.5, 0.6) is 0 Å². The molecule has 2 heterocycles. The largest absolute Gasteiger partial charge is 0.353 e. The molecular formula is C12H19N3O3S2. The van der Waals surface area contributed by atoms with Crippen LogP contribution in [-0.4, -0.2) is 37.8 Å². The van der Waals surface area contributed by atoms with E-state index in [4.69, 9.17) is 0 Å². The highest BCUT2D eigenvalue weighted by molar-refractivity contribution is 7.87. The maximum Gasteiger partial charge on any atom is 0.280 e. The van der Waals surface area contributed by atoms with Crippen LogP contribution in [0.15, 0.2) is 17.5 Å². The number of likely N-dealkylation sites (N-methyl/N-ethyl adjacent to an activating group) is 1. The summed E-state index contributed by atoms with van der Waals surface area (Å²) in [5.41, 5.74) is 0. The number of nitrogens with zero attached hydrogens (tertiary/aromatic N) is 1. The number of nitrogens with one attached hydrogen (secondary N) is 2. The van der Waals surface area contributed by atoms with Gasteiger partial charge >= 0.3 is 0 Å². The fraction of sp³-hybridized carbons (Fsp3) is 0.583. The van der Waals surface area contributed by atoms with Gasteiger partial charge in [-0.3, -0.25) is 4.79 Å². The Hall–Kier alpha value is -0.960. The molecule has 1 aliphatic heterocycles. The Morgan fingerprint density at radius 3 is 2.80 bits per heavy atom. The molecule has 1 aromatic heterocycles. The molecule has 1 aromatic rings. The average Bonchev–Trinajstić information content (AvgIpc) is 2.84. The molecule has 2 atom stereocenters. The van der Waals surface area contributed by atoms with Crippen LogP contribution in [-0.2, 0) is 15.0 Å². The van der Waals surface area contributed by atoms with Gasteiger partial charge in [-0.05, 0) is 31.7 Å². The van der Waals surface area contributed by atoms with E-state index in [1.807, 2.05) is 31.4 Å². The number of hydrogen-bond donors (Lipinski definition) is 2. The van der Waals surface area contributed by atoms with E-state index in [1.54, 1.807) is 0 Å². The molecule has 8 heteroatoms. The number of amides is 1. The number of carbonyl (C=O) groups excluding carboxylic acids is 1. The van der Waals surface area contributed by atoms with Gasteiger partial charge in [-0.1, -0.05) is 6.07 Å². The molecule has 1 fully saturated rings. The van der Waals surface area contributed by atoms with Crippen LogP contribution in [0.1, 0.15) is 31.2 Å². The van der Waals surface area contributed by atoms with E-state index in [0.29, 0.717) is 6.42 Å². The summed E-state index contributed by atoms with van der Waals surface area (Å²) >= 11 is 1.48. The summed E-state index contributed by atoms with van der Waals surface area (Å²) in [6, 6.07) is 2.69. The van der Waals surface area contributed by atoms with Crippen molar-refractivity contribution < 1.29 is 13.2 Å². The summed E-state index contributed by atoms with van der Waals surface area (Å²) < 4.78 is 28.0. The average molecular weight is 317 g/mol. The van der Waals surface area contributed by atoms with E-state index in [0.717, 1.165) is 9.18 Å². The van der Waals surface area contributed by atoms with Gasteiger partial charge in [0.15, 0.2) is 0 Å². The summed E-state index contributed by atoms with van der Waals surface area (Å²) in [6.07, 6.45) is 0.425. The molecule has 0 spiro atoms. The quantitative estimate of drug-likeness (QED) is 0.867. The zero-order valence-electron chi connectivity index (χ0n) is 11.7. The number of thiophene rings is 1. The highest BCUT2D eigenvalue weighted by Gasteiger charge is 2.40. The molecule has 1 amide bonds. The maximum absolute atomic E-state index is 12.2. The summed E-state index contributed by atoms with van der Waals surface area (Å²) in [5, 5.41) is 4.67. The van der Waals surface area contributed by atoms with Gasteiger partial charge < -0.3 is 5.32 Å². The molecule has 0 bridgehead atoms. The van der Waals surface area contributed by atoms with Crippen LogP contribution in [0.4, 0.5) is 0 Å². The van der Waals surface area contributed by atoms with Crippen LogP contribution < -0.4 is 10.0 Å². The lowest BCUT2D eigenvalue weighted by atomic mass is 10.1. The first-order valence-electron chi connectivity index (χ1n) is 6.40. The normalized spacial score (nSPS) is 26.6. The maximum atomic E-state index is 12.2. The minimum atomic E-state index is -3.64. The number of carbonyl (C=O) groups is 1. The highest BCUT2D eigenvalue weighted by atomic mass is 32.2. The van der Waals surface area contributed by atoms with Gasteiger partial charge in [0.2, 0.25) is 5.91 Å². The van der Waals surface area contributed by atoms with Crippen molar-refractivity contribution in [3.63, 3.8) is 0 Å². The SMILES string of the molecule is CC(C)NC(=O)[C@H]1C[C@@H](c2cccs2)NS(=O)(=O)N1C. The molecule has 112 valence electrons. The summed E-state index contributed by atoms with van der Waals surface area (Å²) in [7, 11) is -2.21. The van der Waals surface area contributed by atoms with Crippen LogP contribution in [0, 0.1) is 0 Å². The fourth-order valence-corrected chi connectivity index (χ4v) is 4.30. The summed E-state index contributed by atoms with van der Waals surface area (Å²) in [4.78, 5) is 13.1. The minimum Gasteiger partial charge on any atom is -0.353 e. The molecule has 1 aliphatic rings. The van der Waals surface area contributed by atoms with Gasteiger partial charge in [0.05, 0.1) is 6.04 Å². The number of rotatable bonds is 3. The van der Waals surface area contributed by atoms with Crippen LogP contribution >= 0.6 is 11.3 Å². The lowest BCUT2D eigenvalue weighted by Gasteiger charge is -2.36. The molecule has 20 heavy (non-hydrogen) atoms. The second kappa shape index (κ2) is 5.80. The molecule has 6 nitrogen and oxygen atoms in total. The van der Waals surface area contributed by atoms with Crippen LogP contribution in [0.2, 0.25) is 0 Å². The predicted octanol–water partition coefficient (Wildman–Crippen LogP) is 0.852. The summed E-state index contributed by atoms with van der Waals surface area (Å²) in [6.45, 7) is 3.70. The lowest BCUT2D eigenvalue weighted by Crippen LogP contribution is -2.57. The summed E-state index contributed by atoms with van der Waals surface area (Å²) in [5.74, 6) is -0.255. The molecule has 0 radical (unpaired) electrons.